The van der Waals surface area contributed by atoms with Crippen molar-refractivity contribution in [3.05, 3.63) is 63.5 Å². The topological polar surface area (TPSA) is 68.2 Å². The van der Waals surface area contributed by atoms with Gasteiger partial charge in [-0.25, -0.2) is 0 Å². The van der Waals surface area contributed by atoms with Gasteiger partial charge in [-0.15, -0.1) is 0 Å². The summed E-state index contributed by atoms with van der Waals surface area (Å²) in [6, 6.07) is 9.70. The quantitative estimate of drug-likeness (QED) is 0.759. The molecular weight excluding hydrogens is 418 g/mol. The average molecular weight is 448 g/mol. The fraction of sp³-hybridized carbons (Fsp3) is 0.370. The molecular formula is C27H29NO5. The largest absolute Gasteiger partial charge is 0.507 e. The second kappa shape index (κ2) is 9.04. The van der Waals surface area contributed by atoms with Crippen molar-refractivity contribution < 1.29 is 24.1 Å². The van der Waals surface area contributed by atoms with E-state index in [4.69, 9.17) is 14.2 Å². The highest BCUT2D eigenvalue weighted by molar-refractivity contribution is 5.97. The molecule has 2 heterocycles. The van der Waals surface area contributed by atoms with Crippen LogP contribution in [0.3, 0.4) is 0 Å². The number of carbonyl (C=O) groups excluding carboxylic acids is 1. The van der Waals surface area contributed by atoms with Crippen LogP contribution in [0.25, 0.3) is 11.6 Å². The van der Waals surface area contributed by atoms with Crippen molar-refractivity contribution in [3.63, 3.8) is 0 Å². The molecule has 0 spiro atoms. The Balaban J connectivity index is 1.44. The number of phenols is 1. The fourth-order valence-electron chi connectivity index (χ4n) is 4.73. The third-order valence-corrected chi connectivity index (χ3v) is 6.38. The molecule has 2 aromatic rings. The molecule has 0 bridgehead atoms. The first-order valence-electron chi connectivity index (χ1n) is 11.4. The molecule has 33 heavy (non-hydrogen) atoms. The number of rotatable bonds is 5. The molecule has 172 valence electrons. The zero-order valence-electron chi connectivity index (χ0n) is 19.1. The summed E-state index contributed by atoms with van der Waals surface area (Å²) >= 11 is 0. The summed E-state index contributed by atoms with van der Waals surface area (Å²) in [6.07, 6.45) is 5.20. The molecule has 0 aromatic heterocycles. The van der Waals surface area contributed by atoms with E-state index in [1.165, 1.54) is 0 Å². The molecule has 1 fully saturated rings. The lowest BCUT2D eigenvalue weighted by Crippen LogP contribution is -2.28. The van der Waals surface area contributed by atoms with E-state index in [0.717, 1.165) is 52.0 Å². The van der Waals surface area contributed by atoms with Gasteiger partial charge in [-0.3, -0.25) is 4.79 Å². The average Bonchev–Trinajstić information content (AvgIpc) is 2.95. The van der Waals surface area contributed by atoms with E-state index >= 15 is 0 Å². The maximum Gasteiger partial charge on any atom is 0.160 e. The van der Waals surface area contributed by atoms with Gasteiger partial charge in [-0.2, -0.15) is 0 Å². The number of aromatic hydroxyl groups is 1. The molecule has 1 atom stereocenters. The van der Waals surface area contributed by atoms with E-state index in [1.807, 2.05) is 38.4 Å². The number of phenolic OH excluding ortho intramolecular Hbond substituents is 1. The summed E-state index contributed by atoms with van der Waals surface area (Å²) in [4.78, 5) is 14.9. The number of allylic oxidation sites excluding steroid dienone is 1. The van der Waals surface area contributed by atoms with Crippen molar-refractivity contribution in [1.82, 2.24) is 4.90 Å². The Labute approximate surface area is 193 Å². The Bertz CT molecular complexity index is 1230. The fourth-order valence-corrected chi connectivity index (χ4v) is 4.73. The Morgan fingerprint density at radius 2 is 2.03 bits per heavy atom. The molecule has 0 radical (unpaired) electrons. The number of fused-ring (bicyclic) bond motifs is 4. The molecule has 0 amide bonds. The molecule has 3 aliphatic rings. The molecule has 1 aliphatic carbocycles. The van der Waals surface area contributed by atoms with Crippen LogP contribution in [0.1, 0.15) is 30.1 Å². The van der Waals surface area contributed by atoms with Crippen LogP contribution in [-0.2, 0) is 16.0 Å². The Hall–Kier alpha value is -3.09. The van der Waals surface area contributed by atoms with Gasteiger partial charge in [0, 0.05) is 41.8 Å². The molecule has 6 nitrogen and oxygen atoms in total. The number of likely N-dealkylation sites (N-methyl/N-ethyl adjacent to an activating group) is 1. The molecule has 1 N–H and O–H groups in total. The van der Waals surface area contributed by atoms with Crippen LogP contribution in [-0.4, -0.2) is 56.3 Å². The van der Waals surface area contributed by atoms with Crippen LogP contribution < -0.4 is 19.9 Å². The van der Waals surface area contributed by atoms with Crippen molar-refractivity contribution in [1.29, 1.82) is 0 Å². The normalized spacial score (nSPS) is 19.5. The number of carbonyl (C=O) groups is 1. The lowest BCUT2D eigenvalue weighted by Gasteiger charge is -2.28. The first-order valence-corrected chi connectivity index (χ1v) is 11.4. The van der Waals surface area contributed by atoms with E-state index in [-0.39, 0.29) is 24.1 Å². The predicted molar refractivity (Wildman–Crippen MR) is 126 cm³/mol. The van der Waals surface area contributed by atoms with Gasteiger partial charge in [0.25, 0.3) is 0 Å². The predicted octanol–water partition coefficient (Wildman–Crippen LogP) is 2.26. The Kier molecular flexibility index (Phi) is 5.96. The van der Waals surface area contributed by atoms with Crippen LogP contribution in [0, 0.1) is 0 Å². The van der Waals surface area contributed by atoms with Gasteiger partial charge in [-0.05, 0) is 55.1 Å². The zero-order chi connectivity index (χ0) is 22.9. The van der Waals surface area contributed by atoms with Gasteiger partial charge < -0.3 is 24.2 Å². The van der Waals surface area contributed by atoms with Crippen LogP contribution in [0.15, 0.2) is 42.0 Å². The third kappa shape index (κ3) is 4.41. The summed E-state index contributed by atoms with van der Waals surface area (Å²) in [5, 5.41) is 12.4. The number of hydrogen-bond donors (Lipinski definition) is 1. The van der Waals surface area contributed by atoms with Crippen molar-refractivity contribution in [2.24, 2.45) is 0 Å². The second-order valence-corrected chi connectivity index (χ2v) is 9.02. The van der Waals surface area contributed by atoms with Gasteiger partial charge >= 0.3 is 0 Å². The molecule has 2 aromatic carbocycles. The monoisotopic (exact) mass is 447 g/mol. The lowest BCUT2D eigenvalue weighted by molar-refractivity contribution is -0.114. The summed E-state index contributed by atoms with van der Waals surface area (Å²) in [7, 11) is 4.03. The maximum absolute atomic E-state index is 12.8. The van der Waals surface area contributed by atoms with Crippen LogP contribution in [0.4, 0.5) is 0 Å². The molecule has 1 saturated heterocycles. The molecule has 6 heteroatoms. The smallest absolute Gasteiger partial charge is 0.160 e. The second-order valence-electron chi connectivity index (χ2n) is 9.02. The zero-order valence-corrected chi connectivity index (χ0v) is 19.1. The van der Waals surface area contributed by atoms with Crippen molar-refractivity contribution in [3.8, 4) is 17.2 Å². The Morgan fingerprint density at radius 1 is 1.21 bits per heavy atom. The summed E-state index contributed by atoms with van der Waals surface area (Å²) < 4.78 is 17.9. The van der Waals surface area contributed by atoms with Gasteiger partial charge in [0.05, 0.1) is 19.3 Å². The highest BCUT2D eigenvalue weighted by Gasteiger charge is 2.29. The minimum Gasteiger partial charge on any atom is -0.507 e. The summed E-state index contributed by atoms with van der Waals surface area (Å²) in [5.74, 6) is 1.75. The number of ether oxygens (including phenoxy) is 3. The first-order chi connectivity index (χ1) is 16.0. The number of ketones is 1. The van der Waals surface area contributed by atoms with Crippen molar-refractivity contribution in [2.45, 2.75) is 25.4 Å². The van der Waals surface area contributed by atoms with E-state index in [1.54, 1.807) is 12.1 Å². The Morgan fingerprint density at radius 3 is 2.82 bits per heavy atom. The number of hydrogen-bond acceptors (Lipinski definition) is 6. The van der Waals surface area contributed by atoms with Crippen LogP contribution in [0.5, 0.6) is 17.2 Å². The van der Waals surface area contributed by atoms with Crippen LogP contribution in [0.2, 0.25) is 0 Å². The van der Waals surface area contributed by atoms with Gasteiger partial charge in [0.2, 0.25) is 0 Å². The van der Waals surface area contributed by atoms with E-state index in [2.05, 4.69) is 11.0 Å². The van der Waals surface area contributed by atoms with E-state index in [9.17, 15) is 9.90 Å². The minimum absolute atomic E-state index is 0.0218. The number of nitrogens with zero attached hydrogens (tertiary/aromatic N) is 1. The summed E-state index contributed by atoms with van der Waals surface area (Å²) in [6.45, 7) is 2.40. The first kappa shape index (κ1) is 21.7. The SMILES string of the molecule is CN(C)CCOc1ccc(C2CC3=CC(=O)Cc4c5c(cc(O)c4=C3CO2)=CCCO5)cc1. The van der Waals surface area contributed by atoms with E-state index in [0.29, 0.717) is 31.5 Å². The highest BCUT2D eigenvalue weighted by atomic mass is 16.5. The summed E-state index contributed by atoms with van der Waals surface area (Å²) in [5.41, 5.74) is 3.62. The number of benzene rings is 2. The molecule has 2 aliphatic heterocycles. The maximum atomic E-state index is 12.8. The molecule has 1 unspecified atom stereocenters. The third-order valence-electron chi connectivity index (χ3n) is 6.38. The molecule has 5 rings (SSSR count). The van der Waals surface area contributed by atoms with Gasteiger partial charge in [-0.1, -0.05) is 18.2 Å². The standard InChI is InChI=1S/C27H29NO5/c1-28(2)9-11-31-21-7-5-17(6-8-21)25-14-19-12-20(29)15-22-26(23(19)16-33-25)24(30)13-18-4-3-10-32-27(18)22/h4-8,12-13,25,30H,3,9-11,14-16H2,1-2H3. The lowest BCUT2D eigenvalue weighted by atomic mass is 9.91. The highest BCUT2D eigenvalue weighted by Crippen LogP contribution is 2.37. The van der Waals surface area contributed by atoms with Gasteiger partial charge in [0.1, 0.15) is 23.9 Å². The minimum atomic E-state index is -0.158. The van der Waals surface area contributed by atoms with Crippen molar-refractivity contribution >= 4 is 17.4 Å². The van der Waals surface area contributed by atoms with Crippen molar-refractivity contribution in [2.75, 3.05) is 40.5 Å². The van der Waals surface area contributed by atoms with Gasteiger partial charge in [0.15, 0.2) is 5.78 Å². The van der Waals surface area contributed by atoms with Crippen LogP contribution >= 0.6 is 0 Å². The van der Waals surface area contributed by atoms with E-state index < -0.39 is 0 Å². The molecule has 0 saturated carbocycles.